The molecule has 1 saturated carbocycles. The maximum Gasteiger partial charge on any atom is 0.222 e. The molecule has 28 heavy (non-hydrogen) atoms. The monoisotopic (exact) mass is 381 g/mol. The zero-order valence-corrected chi connectivity index (χ0v) is 16.2. The van der Waals surface area contributed by atoms with E-state index in [2.05, 4.69) is 33.2 Å². The number of aromatic nitrogens is 4. The highest BCUT2D eigenvalue weighted by Crippen LogP contribution is 2.28. The number of imidazole rings is 1. The Kier molecular flexibility index (Phi) is 5.43. The lowest BCUT2D eigenvalue weighted by molar-refractivity contribution is -0.122. The number of benzene rings is 1. The third-order valence-corrected chi connectivity index (χ3v) is 5.60. The van der Waals surface area contributed by atoms with Gasteiger partial charge >= 0.3 is 0 Å². The van der Waals surface area contributed by atoms with Crippen LogP contribution in [0.15, 0.2) is 36.7 Å². The van der Waals surface area contributed by atoms with Crippen LogP contribution >= 0.6 is 0 Å². The number of nitrogens with zero attached hydrogens (tertiary/aromatic N) is 4. The highest BCUT2D eigenvalue weighted by molar-refractivity contribution is 5.78. The van der Waals surface area contributed by atoms with Crippen molar-refractivity contribution in [1.82, 2.24) is 24.6 Å². The van der Waals surface area contributed by atoms with Crippen LogP contribution in [0.5, 0.6) is 0 Å². The molecule has 148 valence electrons. The molecule has 4 rings (SSSR count). The molecule has 0 saturated heterocycles. The van der Waals surface area contributed by atoms with E-state index in [1.807, 2.05) is 35.0 Å². The number of carbonyl (C=O) groups is 1. The van der Waals surface area contributed by atoms with Gasteiger partial charge in [-0.05, 0) is 50.3 Å². The van der Waals surface area contributed by atoms with E-state index in [-0.39, 0.29) is 18.6 Å². The summed E-state index contributed by atoms with van der Waals surface area (Å²) in [4.78, 5) is 16.9. The van der Waals surface area contributed by atoms with Crippen LogP contribution in [0.3, 0.4) is 0 Å². The van der Waals surface area contributed by atoms with Gasteiger partial charge in [-0.3, -0.25) is 9.48 Å². The number of rotatable bonds is 6. The molecule has 2 aromatic heterocycles. The van der Waals surface area contributed by atoms with Crippen molar-refractivity contribution in [2.24, 2.45) is 0 Å². The van der Waals surface area contributed by atoms with E-state index in [1.165, 1.54) is 5.56 Å². The summed E-state index contributed by atoms with van der Waals surface area (Å²) < 4.78 is 4.00. The van der Waals surface area contributed by atoms with Crippen molar-refractivity contribution in [1.29, 1.82) is 0 Å². The molecule has 1 amide bonds. The SMILES string of the molecule is Cc1cnn(C2CCC(NC(=O)CCn3c(CO)nc4ccccc43)CC2)c1. The average Bonchev–Trinajstić information content (AvgIpc) is 3.30. The van der Waals surface area contributed by atoms with Crippen molar-refractivity contribution in [3.63, 3.8) is 0 Å². The lowest BCUT2D eigenvalue weighted by Gasteiger charge is -2.29. The van der Waals surface area contributed by atoms with Crippen molar-refractivity contribution >= 4 is 16.9 Å². The fourth-order valence-electron chi connectivity index (χ4n) is 4.13. The molecule has 0 radical (unpaired) electrons. The first-order valence-corrected chi connectivity index (χ1v) is 9.99. The molecular weight excluding hydrogens is 354 g/mol. The molecule has 1 aliphatic carbocycles. The third kappa shape index (κ3) is 3.94. The molecule has 1 aliphatic rings. The van der Waals surface area contributed by atoms with Crippen LogP contribution in [0.25, 0.3) is 11.0 Å². The zero-order valence-electron chi connectivity index (χ0n) is 16.2. The Bertz CT molecular complexity index is 953. The summed E-state index contributed by atoms with van der Waals surface area (Å²) in [6.07, 6.45) is 8.40. The van der Waals surface area contributed by atoms with Gasteiger partial charge in [-0.15, -0.1) is 0 Å². The first-order chi connectivity index (χ1) is 13.6. The van der Waals surface area contributed by atoms with Crippen LogP contribution in [0.1, 0.15) is 49.5 Å². The molecule has 0 aliphatic heterocycles. The van der Waals surface area contributed by atoms with E-state index in [9.17, 15) is 9.90 Å². The minimum absolute atomic E-state index is 0.0556. The molecule has 7 nitrogen and oxygen atoms in total. The van der Waals surface area contributed by atoms with Gasteiger partial charge in [-0.2, -0.15) is 5.10 Å². The molecule has 2 N–H and O–H groups in total. The van der Waals surface area contributed by atoms with Gasteiger partial charge in [0.15, 0.2) is 0 Å². The van der Waals surface area contributed by atoms with E-state index < -0.39 is 0 Å². The van der Waals surface area contributed by atoms with Crippen molar-refractivity contribution in [2.75, 3.05) is 0 Å². The molecule has 0 spiro atoms. The Morgan fingerprint density at radius 3 is 2.75 bits per heavy atom. The number of amides is 1. The molecule has 3 aromatic rings. The van der Waals surface area contributed by atoms with Gasteiger partial charge in [0.1, 0.15) is 12.4 Å². The molecule has 0 unspecified atom stereocenters. The third-order valence-electron chi connectivity index (χ3n) is 5.60. The van der Waals surface area contributed by atoms with Crippen LogP contribution in [0.2, 0.25) is 0 Å². The second-order valence-corrected chi connectivity index (χ2v) is 7.65. The van der Waals surface area contributed by atoms with E-state index in [1.54, 1.807) is 0 Å². The normalized spacial score (nSPS) is 19.8. The number of aliphatic hydroxyl groups excluding tert-OH is 1. The number of nitrogens with one attached hydrogen (secondary N) is 1. The van der Waals surface area contributed by atoms with Crippen LogP contribution in [-0.4, -0.2) is 36.4 Å². The number of fused-ring (bicyclic) bond motifs is 1. The molecule has 0 atom stereocenters. The molecular formula is C21H27N5O2. The fraction of sp³-hybridized carbons (Fsp3) is 0.476. The van der Waals surface area contributed by atoms with Crippen molar-refractivity contribution in [3.05, 3.63) is 48.0 Å². The summed E-state index contributed by atoms with van der Waals surface area (Å²) in [5, 5.41) is 17.2. The van der Waals surface area contributed by atoms with Gasteiger partial charge in [0.05, 0.1) is 23.3 Å². The fourth-order valence-corrected chi connectivity index (χ4v) is 4.13. The Labute approximate surface area is 164 Å². The summed E-state index contributed by atoms with van der Waals surface area (Å²) in [6.45, 7) is 2.44. The standard InChI is InChI=1S/C21H27N5O2/c1-15-12-22-26(13-15)17-8-6-16(7-9-17)23-21(28)10-11-25-19-5-3-2-4-18(19)24-20(25)14-27/h2-5,12-13,16-17,27H,6-11,14H2,1H3,(H,23,28). The molecule has 2 heterocycles. The van der Waals surface area contributed by atoms with Gasteiger partial charge in [0, 0.05) is 25.2 Å². The summed E-state index contributed by atoms with van der Waals surface area (Å²) in [6, 6.07) is 8.43. The minimum atomic E-state index is -0.132. The second kappa shape index (κ2) is 8.14. The van der Waals surface area contributed by atoms with Crippen molar-refractivity contribution in [2.45, 2.75) is 64.3 Å². The smallest absolute Gasteiger partial charge is 0.222 e. The van der Waals surface area contributed by atoms with Crippen LogP contribution in [0.4, 0.5) is 0 Å². The number of hydrogen-bond acceptors (Lipinski definition) is 4. The topological polar surface area (TPSA) is 85.0 Å². The van der Waals surface area contributed by atoms with E-state index in [0.717, 1.165) is 36.7 Å². The maximum absolute atomic E-state index is 12.5. The highest BCUT2D eigenvalue weighted by Gasteiger charge is 2.24. The van der Waals surface area contributed by atoms with Gasteiger partial charge < -0.3 is 15.0 Å². The number of aryl methyl sites for hydroxylation is 2. The largest absolute Gasteiger partial charge is 0.388 e. The molecule has 1 fully saturated rings. The molecule has 7 heteroatoms. The zero-order chi connectivity index (χ0) is 19.5. The minimum Gasteiger partial charge on any atom is -0.388 e. The second-order valence-electron chi connectivity index (χ2n) is 7.65. The Morgan fingerprint density at radius 2 is 2.04 bits per heavy atom. The first-order valence-electron chi connectivity index (χ1n) is 9.99. The van der Waals surface area contributed by atoms with Gasteiger partial charge in [0.2, 0.25) is 5.91 Å². The quantitative estimate of drug-likeness (QED) is 0.688. The van der Waals surface area contributed by atoms with Crippen LogP contribution in [-0.2, 0) is 17.9 Å². The van der Waals surface area contributed by atoms with Crippen molar-refractivity contribution < 1.29 is 9.90 Å². The predicted octanol–water partition coefficient (Wildman–Crippen LogP) is 2.72. The highest BCUT2D eigenvalue weighted by atomic mass is 16.3. The summed E-state index contributed by atoms with van der Waals surface area (Å²) in [5.74, 6) is 0.657. The van der Waals surface area contributed by atoms with E-state index in [0.29, 0.717) is 24.8 Å². The average molecular weight is 381 g/mol. The molecule has 0 bridgehead atoms. The van der Waals surface area contributed by atoms with Crippen LogP contribution in [0, 0.1) is 6.92 Å². The summed E-state index contributed by atoms with van der Waals surface area (Å²) >= 11 is 0. The van der Waals surface area contributed by atoms with E-state index in [4.69, 9.17) is 0 Å². The number of hydrogen-bond donors (Lipinski definition) is 2. The lowest BCUT2D eigenvalue weighted by Crippen LogP contribution is -2.38. The number of aliphatic hydroxyl groups is 1. The Hall–Kier alpha value is -2.67. The maximum atomic E-state index is 12.5. The first kappa shape index (κ1) is 18.7. The van der Waals surface area contributed by atoms with Gasteiger partial charge in [0.25, 0.3) is 0 Å². The Morgan fingerprint density at radius 1 is 1.25 bits per heavy atom. The lowest BCUT2D eigenvalue weighted by atomic mass is 9.91. The Balaban J connectivity index is 1.30. The summed E-state index contributed by atoms with van der Waals surface area (Å²) in [7, 11) is 0. The summed E-state index contributed by atoms with van der Waals surface area (Å²) in [5.41, 5.74) is 2.98. The molecule has 1 aromatic carbocycles. The number of carbonyl (C=O) groups excluding carboxylic acids is 1. The van der Waals surface area contributed by atoms with E-state index >= 15 is 0 Å². The van der Waals surface area contributed by atoms with Gasteiger partial charge in [-0.25, -0.2) is 4.98 Å². The number of para-hydroxylation sites is 2. The predicted molar refractivity (Wildman–Crippen MR) is 107 cm³/mol. The van der Waals surface area contributed by atoms with Gasteiger partial charge in [-0.1, -0.05) is 12.1 Å². The van der Waals surface area contributed by atoms with Crippen LogP contribution < -0.4 is 5.32 Å². The van der Waals surface area contributed by atoms with Crippen molar-refractivity contribution in [3.8, 4) is 0 Å².